The highest BCUT2D eigenvalue weighted by Gasteiger charge is 2.48. The molecule has 3 heterocycles. The Labute approximate surface area is 177 Å². The number of anilines is 1. The standard InChI is InChI=1S/C21H17N3O6S/c1-12-16(9-22)20(26)24(15-6-7-31(28,29)11-15)21(27)17(12)10-23-14-3-4-18-13(8-14)2-5-19(25)30-18/h2-5,8,10,15,23H,6-7,11H2,1H3/p+1/b17-10-/t15-/m0/s1. The van der Waals surface area contributed by atoms with Crippen LogP contribution >= 0.6 is 0 Å². The third kappa shape index (κ3) is 3.81. The molecule has 2 aliphatic rings. The number of rotatable bonds is 3. The van der Waals surface area contributed by atoms with Crippen LogP contribution in [0.3, 0.4) is 0 Å². The molecular formula is C21H18N3O6S+. The van der Waals surface area contributed by atoms with Gasteiger partial charge in [0.1, 0.15) is 29.0 Å². The maximum Gasteiger partial charge on any atom is 0.363 e. The van der Waals surface area contributed by atoms with Gasteiger partial charge >= 0.3 is 17.4 Å². The maximum absolute atomic E-state index is 13.1. The Bertz CT molecular complexity index is 1390. The van der Waals surface area contributed by atoms with Crippen molar-refractivity contribution in [3.05, 3.63) is 63.7 Å². The van der Waals surface area contributed by atoms with Crippen LogP contribution in [0.5, 0.6) is 0 Å². The fraction of sp³-hybridized carbons (Fsp3) is 0.238. The first kappa shape index (κ1) is 20.7. The number of nitrogens with one attached hydrogen (secondary N) is 2. The molecule has 1 unspecified atom stereocenters. The molecule has 1 saturated heterocycles. The number of carbonyl (C=O) groups is 2. The summed E-state index contributed by atoms with van der Waals surface area (Å²) in [5.41, 5.74) is 0.749. The number of quaternary nitrogens is 1. The molecule has 9 nitrogen and oxygen atoms in total. The number of benzene rings is 1. The van der Waals surface area contributed by atoms with Gasteiger partial charge in [0.15, 0.2) is 15.4 Å². The Balaban J connectivity index is 1.69. The Morgan fingerprint density at radius 1 is 1.19 bits per heavy atom. The zero-order chi connectivity index (χ0) is 22.3. The molecule has 31 heavy (non-hydrogen) atoms. The van der Waals surface area contributed by atoms with Crippen LogP contribution in [-0.4, -0.2) is 37.8 Å². The molecule has 1 fully saturated rings. The van der Waals surface area contributed by atoms with Gasteiger partial charge in [-0.1, -0.05) is 0 Å². The van der Waals surface area contributed by atoms with E-state index in [2.05, 4.69) is 5.32 Å². The Morgan fingerprint density at radius 2 is 1.97 bits per heavy atom. The molecule has 1 aromatic carbocycles. The molecule has 2 aliphatic heterocycles. The van der Waals surface area contributed by atoms with E-state index < -0.39 is 33.3 Å². The van der Waals surface area contributed by atoms with Gasteiger partial charge in [-0.25, -0.2) is 22.8 Å². The minimum Gasteiger partial charge on any atom is -0.423 e. The highest BCUT2D eigenvalue weighted by Crippen LogP contribution is 2.22. The summed E-state index contributed by atoms with van der Waals surface area (Å²) in [7, 11) is -3.32. The van der Waals surface area contributed by atoms with Crippen molar-refractivity contribution < 1.29 is 27.3 Å². The second-order valence-electron chi connectivity index (χ2n) is 7.49. The lowest BCUT2D eigenvalue weighted by molar-refractivity contribution is -0.761. The van der Waals surface area contributed by atoms with Crippen molar-refractivity contribution in [2.45, 2.75) is 19.4 Å². The summed E-state index contributed by atoms with van der Waals surface area (Å²) in [5, 5.41) is 13.1. The lowest BCUT2D eigenvalue weighted by Crippen LogP contribution is -3.21. The number of hydrogen-bond donors (Lipinski definition) is 2. The summed E-state index contributed by atoms with van der Waals surface area (Å²) in [6.45, 7) is 1.51. The predicted molar refractivity (Wildman–Crippen MR) is 111 cm³/mol. The van der Waals surface area contributed by atoms with E-state index in [-0.39, 0.29) is 39.5 Å². The fourth-order valence-corrected chi connectivity index (χ4v) is 5.63. The third-order valence-corrected chi connectivity index (χ3v) is 7.26. The van der Waals surface area contributed by atoms with E-state index >= 15 is 0 Å². The van der Waals surface area contributed by atoms with Gasteiger partial charge in [0.25, 0.3) is 0 Å². The van der Waals surface area contributed by atoms with Crippen molar-refractivity contribution in [2.24, 2.45) is 0 Å². The van der Waals surface area contributed by atoms with Crippen molar-refractivity contribution in [3.8, 4) is 6.07 Å². The summed E-state index contributed by atoms with van der Waals surface area (Å²) < 4.78 is 28.8. The van der Waals surface area contributed by atoms with Crippen LogP contribution in [0.4, 0.5) is 5.69 Å². The molecule has 2 atom stereocenters. The third-order valence-electron chi connectivity index (χ3n) is 5.49. The molecule has 1 aromatic heterocycles. The SMILES string of the molecule is CC1=C(C#N)C(=O)[NH+]([C@H]2CCS(=O)(=O)C2)C(=O)/C1=C\Nc1ccc2oc(=O)ccc2c1. The summed E-state index contributed by atoms with van der Waals surface area (Å²) in [4.78, 5) is 37.0. The number of amides is 2. The zero-order valence-electron chi connectivity index (χ0n) is 16.5. The predicted octanol–water partition coefficient (Wildman–Crippen LogP) is 0.0677. The van der Waals surface area contributed by atoms with Crippen LogP contribution in [0.25, 0.3) is 11.0 Å². The second kappa shape index (κ2) is 7.61. The maximum atomic E-state index is 13.1. The Morgan fingerprint density at radius 3 is 2.65 bits per heavy atom. The van der Waals surface area contributed by atoms with E-state index in [1.807, 2.05) is 6.07 Å². The number of hydrogen-bond acceptors (Lipinski definition) is 8. The lowest BCUT2D eigenvalue weighted by atomic mass is 9.94. The smallest absolute Gasteiger partial charge is 0.363 e. The minimum atomic E-state index is -3.32. The van der Waals surface area contributed by atoms with Gasteiger partial charge in [0, 0.05) is 29.8 Å². The molecule has 0 spiro atoms. The zero-order valence-corrected chi connectivity index (χ0v) is 17.3. The van der Waals surface area contributed by atoms with Gasteiger partial charge in [0.2, 0.25) is 0 Å². The number of sulfone groups is 1. The van der Waals surface area contributed by atoms with E-state index in [9.17, 15) is 28.1 Å². The molecule has 0 radical (unpaired) electrons. The molecule has 2 aromatic rings. The average molecular weight is 440 g/mol. The van der Waals surface area contributed by atoms with E-state index in [1.165, 1.54) is 19.2 Å². The molecule has 4 rings (SSSR count). The summed E-state index contributed by atoms with van der Waals surface area (Å²) in [6.07, 6.45) is 1.59. The molecule has 0 aliphatic carbocycles. The number of nitriles is 1. The Hall–Kier alpha value is -3.55. The van der Waals surface area contributed by atoms with Gasteiger partial charge in [-0.15, -0.1) is 0 Å². The van der Waals surface area contributed by atoms with Crippen LogP contribution in [0, 0.1) is 11.3 Å². The molecule has 2 amide bonds. The molecule has 0 bridgehead atoms. The van der Waals surface area contributed by atoms with Gasteiger partial charge in [-0.05, 0) is 36.8 Å². The lowest BCUT2D eigenvalue weighted by Gasteiger charge is -2.25. The molecular weight excluding hydrogens is 422 g/mol. The first-order chi connectivity index (χ1) is 14.7. The van der Waals surface area contributed by atoms with E-state index in [1.54, 1.807) is 24.3 Å². The fourth-order valence-electron chi connectivity index (χ4n) is 3.88. The largest absolute Gasteiger partial charge is 0.423 e. The van der Waals surface area contributed by atoms with E-state index in [4.69, 9.17) is 4.42 Å². The van der Waals surface area contributed by atoms with Gasteiger partial charge < -0.3 is 9.73 Å². The van der Waals surface area contributed by atoms with Crippen molar-refractivity contribution in [3.63, 3.8) is 0 Å². The molecule has 10 heteroatoms. The number of carbonyl (C=O) groups excluding carboxylic acids is 2. The monoisotopic (exact) mass is 440 g/mol. The topological polar surface area (TPSA) is 139 Å². The summed E-state index contributed by atoms with van der Waals surface area (Å²) in [6, 6.07) is 9.01. The molecule has 2 N–H and O–H groups in total. The van der Waals surface area contributed by atoms with E-state index in [0.29, 0.717) is 16.7 Å². The van der Waals surface area contributed by atoms with Crippen molar-refractivity contribution in [1.29, 1.82) is 5.26 Å². The van der Waals surface area contributed by atoms with Crippen molar-refractivity contribution in [1.82, 2.24) is 0 Å². The molecule has 0 saturated carbocycles. The van der Waals surface area contributed by atoms with Crippen molar-refractivity contribution in [2.75, 3.05) is 16.8 Å². The van der Waals surface area contributed by atoms with Crippen LogP contribution in [-0.2, 0) is 19.4 Å². The number of nitrogens with zero attached hydrogens (tertiary/aromatic N) is 1. The average Bonchev–Trinajstić information content (AvgIpc) is 3.07. The number of fused-ring (bicyclic) bond motifs is 1. The molecule has 158 valence electrons. The first-order valence-corrected chi connectivity index (χ1v) is 11.3. The Kier molecular flexibility index (Phi) is 5.08. The van der Waals surface area contributed by atoms with Gasteiger partial charge in [-0.3, -0.25) is 0 Å². The highest BCUT2D eigenvalue weighted by molar-refractivity contribution is 7.91. The normalized spacial score (nSPS) is 24.6. The minimum absolute atomic E-state index is 0.0865. The second-order valence-corrected chi connectivity index (χ2v) is 9.72. The van der Waals surface area contributed by atoms with Crippen molar-refractivity contribution >= 4 is 38.3 Å². The van der Waals surface area contributed by atoms with Gasteiger partial charge in [0.05, 0.1) is 5.75 Å². The van der Waals surface area contributed by atoms with Crippen LogP contribution in [0.2, 0.25) is 0 Å². The van der Waals surface area contributed by atoms with E-state index in [0.717, 1.165) is 0 Å². The van der Waals surface area contributed by atoms with Crippen LogP contribution in [0.15, 0.2) is 62.5 Å². The summed E-state index contributed by atoms with van der Waals surface area (Å²) in [5.74, 6) is -1.61. The van der Waals surface area contributed by atoms with Crippen LogP contribution < -0.4 is 15.8 Å². The number of imide groups is 1. The highest BCUT2D eigenvalue weighted by atomic mass is 32.2. The summed E-state index contributed by atoms with van der Waals surface area (Å²) >= 11 is 0. The quantitative estimate of drug-likeness (QED) is 0.388. The van der Waals surface area contributed by atoms with Gasteiger partial charge in [-0.2, -0.15) is 10.2 Å². The van der Waals surface area contributed by atoms with Crippen LogP contribution in [0.1, 0.15) is 13.3 Å². The first-order valence-electron chi connectivity index (χ1n) is 9.49.